The zero-order chi connectivity index (χ0) is 30.3. The van der Waals surface area contributed by atoms with Crippen molar-refractivity contribution in [1.29, 1.82) is 0 Å². The number of carbonyl (C=O) groups excluding carboxylic acids is 1. The molecule has 1 saturated heterocycles. The predicted octanol–water partition coefficient (Wildman–Crippen LogP) is 7.89. The molecule has 0 radical (unpaired) electrons. The van der Waals surface area contributed by atoms with Crippen LogP contribution >= 0.6 is 11.8 Å². The van der Waals surface area contributed by atoms with Crippen molar-refractivity contribution in [2.75, 3.05) is 19.0 Å². The monoisotopic (exact) mass is 594 g/mol. The number of nitrogens with zero attached hydrogens (tertiary/aromatic N) is 1. The van der Waals surface area contributed by atoms with Crippen molar-refractivity contribution in [3.63, 3.8) is 0 Å². The number of thioether (sulfide) groups is 1. The summed E-state index contributed by atoms with van der Waals surface area (Å²) in [6.45, 7) is 8.79. The highest BCUT2D eigenvalue weighted by Gasteiger charge is 2.45. The van der Waals surface area contributed by atoms with E-state index in [1.165, 1.54) is 22.3 Å². The fourth-order valence-corrected chi connectivity index (χ4v) is 7.03. The van der Waals surface area contributed by atoms with Crippen LogP contribution in [0.1, 0.15) is 49.9 Å². The molecule has 5 rings (SSSR count). The molecule has 1 aliphatic rings. The summed E-state index contributed by atoms with van der Waals surface area (Å²) in [5.74, 6) is 1.73. The maximum atomic E-state index is 12.0. The maximum Gasteiger partial charge on any atom is 0.407 e. The minimum atomic E-state index is -0.527. The van der Waals surface area contributed by atoms with Crippen molar-refractivity contribution in [3.05, 3.63) is 138 Å². The van der Waals surface area contributed by atoms with Gasteiger partial charge in [-0.1, -0.05) is 103 Å². The summed E-state index contributed by atoms with van der Waals surface area (Å²) in [6, 6.07) is 40.9. The van der Waals surface area contributed by atoms with E-state index in [0.717, 1.165) is 24.6 Å². The highest BCUT2D eigenvalue weighted by molar-refractivity contribution is 8.00. The number of benzene rings is 4. The maximum absolute atomic E-state index is 12.0. The van der Waals surface area contributed by atoms with Gasteiger partial charge < -0.3 is 14.8 Å². The number of rotatable bonds is 10. The Labute approximate surface area is 260 Å². The van der Waals surface area contributed by atoms with Crippen molar-refractivity contribution in [3.8, 4) is 5.75 Å². The molecule has 6 heteroatoms. The summed E-state index contributed by atoms with van der Waals surface area (Å²) in [5.41, 5.74) is 4.23. The Hall–Kier alpha value is -3.74. The number of carbonyl (C=O) groups is 1. The van der Waals surface area contributed by atoms with Crippen LogP contribution in [-0.2, 0) is 16.7 Å². The second kappa shape index (κ2) is 13.7. The lowest BCUT2D eigenvalue weighted by molar-refractivity contribution is 0.0494. The molecule has 4 aromatic carbocycles. The molecule has 224 valence electrons. The fraction of sp³-hybridized carbons (Fsp3) is 0.324. The van der Waals surface area contributed by atoms with Gasteiger partial charge in [-0.05, 0) is 68.5 Å². The van der Waals surface area contributed by atoms with Crippen LogP contribution in [0.25, 0.3) is 0 Å². The summed E-state index contributed by atoms with van der Waals surface area (Å²) in [5, 5.41) is 3.28. The molecule has 0 aliphatic carbocycles. The molecule has 2 atom stereocenters. The molecule has 43 heavy (non-hydrogen) atoms. The van der Waals surface area contributed by atoms with Crippen LogP contribution in [0.5, 0.6) is 5.75 Å². The molecule has 0 spiro atoms. The van der Waals surface area contributed by atoms with Gasteiger partial charge in [0.2, 0.25) is 0 Å². The van der Waals surface area contributed by atoms with Crippen LogP contribution < -0.4 is 10.1 Å². The first-order chi connectivity index (χ1) is 20.7. The van der Waals surface area contributed by atoms with Gasteiger partial charge in [-0.3, -0.25) is 4.90 Å². The van der Waals surface area contributed by atoms with Gasteiger partial charge in [0.25, 0.3) is 0 Å². The Morgan fingerprint density at radius 3 is 1.84 bits per heavy atom. The summed E-state index contributed by atoms with van der Waals surface area (Å²) >= 11 is 2.03. The fourth-order valence-electron chi connectivity index (χ4n) is 5.75. The Kier molecular flexibility index (Phi) is 9.79. The summed E-state index contributed by atoms with van der Waals surface area (Å²) in [7, 11) is 0. The number of nitrogens with one attached hydrogen (secondary N) is 1. The Bertz CT molecular complexity index is 1340. The minimum Gasteiger partial charge on any atom is -0.491 e. The average molecular weight is 595 g/mol. The molecule has 5 nitrogen and oxygen atoms in total. The van der Waals surface area contributed by atoms with Gasteiger partial charge >= 0.3 is 6.09 Å². The van der Waals surface area contributed by atoms with E-state index in [1.807, 2.05) is 51.6 Å². The third kappa shape index (κ3) is 7.62. The van der Waals surface area contributed by atoms with E-state index in [9.17, 15) is 4.79 Å². The van der Waals surface area contributed by atoms with Crippen LogP contribution in [-0.4, -0.2) is 46.9 Å². The molecule has 1 fully saturated rings. The second-order valence-electron chi connectivity index (χ2n) is 12.2. The lowest BCUT2D eigenvalue weighted by atomic mass is 9.75. The Balaban J connectivity index is 1.27. The number of ether oxygens (including phenoxy) is 2. The van der Waals surface area contributed by atoms with Crippen molar-refractivity contribution >= 4 is 17.9 Å². The molecule has 0 bridgehead atoms. The number of hydrogen-bond donors (Lipinski definition) is 1. The van der Waals surface area contributed by atoms with Crippen molar-refractivity contribution in [1.82, 2.24) is 10.2 Å². The zero-order valence-electron chi connectivity index (χ0n) is 25.5. The predicted molar refractivity (Wildman–Crippen MR) is 177 cm³/mol. The van der Waals surface area contributed by atoms with Crippen LogP contribution in [0.4, 0.5) is 4.79 Å². The van der Waals surface area contributed by atoms with Crippen molar-refractivity contribution < 1.29 is 14.3 Å². The highest BCUT2D eigenvalue weighted by Crippen LogP contribution is 2.46. The van der Waals surface area contributed by atoms with Crippen LogP contribution in [0.3, 0.4) is 0 Å². The van der Waals surface area contributed by atoms with E-state index >= 15 is 0 Å². The average Bonchev–Trinajstić information content (AvgIpc) is 3.46. The smallest absolute Gasteiger partial charge is 0.407 e. The van der Waals surface area contributed by atoms with E-state index in [-0.39, 0.29) is 11.6 Å². The van der Waals surface area contributed by atoms with Crippen LogP contribution in [0, 0.1) is 0 Å². The number of hydrogen-bond acceptors (Lipinski definition) is 5. The van der Waals surface area contributed by atoms with Gasteiger partial charge in [-0.15, -0.1) is 11.8 Å². The largest absolute Gasteiger partial charge is 0.491 e. The van der Waals surface area contributed by atoms with E-state index in [4.69, 9.17) is 9.47 Å². The Morgan fingerprint density at radius 2 is 1.35 bits per heavy atom. The molecule has 0 aromatic heterocycles. The molecular weight excluding hydrogens is 552 g/mol. The minimum absolute atomic E-state index is 0.172. The molecule has 1 heterocycles. The van der Waals surface area contributed by atoms with Gasteiger partial charge in [-0.2, -0.15) is 0 Å². The number of amides is 1. The molecule has 4 aromatic rings. The topological polar surface area (TPSA) is 50.8 Å². The molecule has 0 saturated carbocycles. The molecule has 1 aliphatic heterocycles. The summed E-state index contributed by atoms with van der Waals surface area (Å²) < 4.78 is 11.3. The zero-order valence-corrected chi connectivity index (χ0v) is 26.3. The van der Waals surface area contributed by atoms with Gasteiger partial charge in [0.1, 0.15) is 18.0 Å². The summed E-state index contributed by atoms with van der Waals surface area (Å²) in [6.07, 6.45) is 0.546. The van der Waals surface area contributed by atoms with Crippen molar-refractivity contribution in [2.45, 2.75) is 56.5 Å². The summed E-state index contributed by atoms with van der Waals surface area (Å²) in [4.78, 5) is 14.7. The van der Waals surface area contributed by atoms with Gasteiger partial charge in [0, 0.05) is 17.7 Å². The standard InChI is InChI=1S/C37H42N2O3S/c1-28(38-35(40)42-36(2,3)4)26-41-33-22-20-29(21-23-33)24-34-25-39(27-43-34)37(30-14-8-5-9-15-30,31-16-10-6-11-17-31)32-18-12-7-13-19-32/h5-23,28,34H,24-27H2,1-4H3,(H,38,40)/t28-,34?/m1/s1. The first kappa shape index (κ1) is 30.7. The molecule has 1 amide bonds. The lowest BCUT2D eigenvalue weighted by Crippen LogP contribution is -2.47. The highest BCUT2D eigenvalue weighted by atomic mass is 32.2. The second-order valence-corrected chi connectivity index (χ2v) is 13.4. The molecular formula is C37H42N2O3S. The Morgan fingerprint density at radius 1 is 0.837 bits per heavy atom. The third-order valence-corrected chi connectivity index (χ3v) is 8.84. The van der Waals surface area contributed by atoms with E-state index in [0.29, 0.717) is 11.9 Å². The van der Waals surface area contributed by atoms with Crippen molar-refractivity contribution in [2.24, 2.45) is 0 Å². The van der Waals surface area contributed by atoms with Gasteiger partial charge in [-0.25, -0.2) is 4.79 Å². The molecule has 1 unspecified atom stereocenters. The first-order valence-corrected chi connectivity index (χ1v) is 16.0. The van der Waals surface area contributed by atoms with Crippen LogP contribution in [0.15, 0.2) is 115 Å². The first-order valence-electron chi connectivity index (χ1n) is 15.0. The van der Waals surface area contributed by atoms with Crippen LogP contribution in [0.2, 0.25) is 0 Å². The lowest BCUT2D eigenvalue weighted by Gasteiger charge is -2.43. The van der Waals surface area contributed by atoms with Gasteiger partial charge in [0.15, 0.2) is 0 Å². The van der Waals surface area contributed by atoms with E-state index < -0.39 is 11.7 Å². The third-order valence-electron chi connectivity index (χ3n) is 7.59. The SMILES string of the molecule is C[C@H](COc1ccc(CC2CN(C(c3ccccc3)(c3ccccc3)c3ccccc3)CS2)cc1)NC(=O)OC(C)(C)C. The van der Waals surface area contributed by atoms with E-state index in [1.54, 1.807) is 0 Å². The van der Waals surface area contributed by atoms with E-state index in [2.05, 4.69) is 113 Å². The molecule has 1 N–H and O–H groups in total. The number of alkyl carbamates (subject to hydrolysis) is 1. The quantitative estimate of drug-likeness (QED) is 0.189. The normalized spacial score (nSPS) is 16.4. The van der Waals surface area contributed by atoms with Gasteiger partial charge in [0.05, 0.1) is 11.6 Å².